The second kappa shape index (κ2) is 9.45. The van der Waals surface area contributed by atoms with Crippen LogP contribution in [0.5, 0.6) is 0 Å². The number of para-hydroxylation sites is 1. The van der Waals surface area contributed by atoms with Crippen LogP contribution < -0.4 is 15.6 Å². The Kier molecular flexibility index (Phi) is 6.84. The third-order valence-electron chi connectivity index (χ3n) is 5.29. The van der Waals surface area contributed by atoms with Gasteiger partial charge in [-0.25, -0.2) is 31.7 Å². The number of aromatic nitrogens is 5. The first kappa shape index (κ1) is 26.1. The van der Waals surface area contributed by atoms with Crippen LogP contribution >= 0.6 is 11.3 Å². The average Bonchev–Trinajstić information content (AvgIpc) is 3.43. The lowest BCUT2D eigenvalue weighted by atomic mass is 9.98. The molecule has 0 unspecified atom stereocenters. The van der Waals surface area contributed by atoms with Crippen molar-refractivity contribution < 1.29 is 21.3 Å². The van der Waals surface area contributed by atoms with Crippen LogP contribution in [0, 0.1) is 0 Å². The molecular formula is C20H26N9O4S3+. The number of quaternary nitrogens is 1. The fourth-order valence-corrected chi connectivity index (χ4v) is 7.23. The minimum atomic E-state index is -4.59. The van der Waals surface area contributed by atoms with Gasteiger partial charge in [0.05, 0.1) is 43.5 Å². The van der Waals surface area contributed by atoms with Crippen LogP contribution in [0.25, 0.3) is 32.7 Å². The normalized spacial score (nSPS) is 12.9. The van der Waals surface area contributed by atoms with E-state index in [1.807, 2.05) is 27.2 Å². The molecule has 13 nitrogen and oxygen atoms in total. The van der Waals surface area contributed by atoms with Crippen LogP contribution in [0.2, 0.25) is 0 Å². The van der Waals surface area contributed by atoms with Crippen LogP contribution in [0.3, 0.4) is 0 Å². The number of nitrogens with two attached hydrogens (primary N) is 2. The predicted molar refractivity (Wildman–Crippen MR) is 137 cm³/mol. The lowest BCUT2D eigenvalue weighted by molar-refractivity contribution is -0.870. The van der Waals surface area contributed by atoms with Gasteiger partial charge in [0.25, 0.3) is 0 Å². The Labute approximate surface area is 212 Å². The maximum Gasteiger partial charge on any atom is 0.241 e. The molecule has 0 spiro atoms. The van der Waals surface area contributed by atoms with Gasteiger partial charge < -0.3 is 10.2 Å². The number of nitrogens with one attached hydrogen (secondary N) is 2. The van der Waals surface area contributed by atoms with Gasteiger partial charge in [0.2, 0.25) is 25.9 Å². The van der Waals surface area contributed by atoms with E-state index in [2.05, 4.69) is 30.3 Å². The summed E-state index contributed by atoms with van der Waals surface area (Å²) in [5.41, 5.74) is 7.11. The van der Waals surface area contributed by atoms with Gasteiger partial charge in [0.1, 0.15) is 9.79 Å². The standard InChI is InChI=1S/C20H26N9O4S3/c1-29(2,3)11-5-10-23-36(32,33)15-9-8-12(13-6-4-7-14-17(13)24-20(21)34-14)16(18(15)35(22,30)31)19-25-27-28-26-19/h4,6-9,23H,5,10-11H2,1-3H3,(H2,21,24)(H2,22,30,31)(H,25,26,27,28)/q+1. The number of nitrogens with zero attached hydrogens (tertiary/aromatic N) is 5. The minimum absolute atomic E-state index is 0.110. The van der Waals surface area contributed by atoms with E-state index in [0.717, 1.165) is 4.70 Å². The zero-order valence-corrected chi connectivity index (χ0v) is 22.2. The SMILES string of the molecule is C[N+](C)(C)CCCNS(=O)(=O)c1ccc(-c2cccc3sc(N)nc23)c(-c2nn[nH]n2)c1S(N)(=O)=O. The molecule has 0 radical (unpaired) electrons. The number of thiazole rings is 1. The van der Waals surface area contributed by atoms with Crippen molar-refractivity contribution in [1.82, 2.24) is 30.3 Å². The van der Waals surface area contributed by atoms with Crippen molar-refractivity contribution in [3.8, 4) is 22.5 Å². The molecule has 0 fully saturated rings. The summed E-state index contributed by atoms with van der Waals surface area (Å²) in [7, 11) is -2.91. The molecule has 2 heterocycles. The zero-order chi connectivity index (χ0) is 26.3. The molecule has 4 aromatic rings. The average molecular weight is 553 g/mol. The van der Waals surface area contributed by atoms with Crippen LogP contribution in [0.1, 0.15) is 6.42 Å². The molecule has 0 saturated heterocycles. The molecule has 0 saturated carbocycles. The van der Waals surface area contributed by atoms with Crippen molar-refractivity contribution in [2.45, 2.75) is 16.2 Å². The number of benzene rings is 2. The maximum atomic E-state index is 13.3. The van der Waals surface area contributed by atoms with E-state index in [9.17, 15) is 16.8 Å². The van der Waals surface area contributed by atoms with E-state index in [-0.39, 0.29) is 17.9 Å². The Morgan fingerprint density at radius 2 is 1.83 bits per heavy atom. The number of nitrogen functional groups attached to an aromatic ring is 1. The van der Waals surface area contributed by atoms with Crippen LogP contribution in [0.15, 0.2) is 40.1 Å². The Morgan fingerprint density at radius 3 is 2.47 bits per heavy atom. The largest absolute Gasteiger partial charge is 0.375 e. The van der Waals surface area contributed by atoms with Gasteiger partial charge in [-0.15, -0.1) is 10.2 Å². The number of sulfonamides is 2. The van der Waals surface area contributed by atoms with Crippen molar-refractivity contribution in [3.63, 3.8) is 0 Å². The molecule has 2 aromatic heterocycles. The molecule has 2 aromatic carbocycles. The second-order valence-electron chi connectivity index (χ2n) is 9.07. The molecule has 192 valence electrons. The number of hydrogen-bond acceptors (Lipinski definition) is 10. The third kappa shape index (κ3) is 5.37. The number of tetrazole rings is 1. The van der Waals surface area contributed by atoms with Gasteiger partial charge in [0, 0.05) is 18.5 Å². The van der Waals surface area contributed by atoms with E-state index < -0.39 is 29.8 Å². The van der Waals surface area contributed by atoms with Crippen LogP contribution in [0.4, 0.5) is 5.13 Å². The number of primary sulfonamides is 1. The minimum Gasteiger partial charge on any atom is -0.375 e. The summed E-state index contributed by atoms with van der Waals surface area (Å²) in [5, 5.41) is 19.6. The number of rotatable bonds is 9. The first-order valence-electron chi connectivity index (χ1n) is 10.7. The molecule has 0 atom stereocenters. The van der Waals surface area contributed by atoms with E-state index in [4.69, 9.17) is 10.9 Å². The number of aromatic amines is 1. The van der Waals surface area contributed by atoms with E-state index in [0.29, 0.717) is 39.2 Å². The monoisotopic (exact) mass is 552 g/mol. The first-order valence-corrected chi connectivity index (χ1v) is 14.5. The van der Waals surface area contributed by atoms with Crippen molar-refractivity contribution in [2.24, 2.45) is 5.14 Å². The summed E-state index contributed by atoms with van der Waals surface area (Å²) in [6, 6.07) is 7.97. The highest BCUT2D eigenvalue weighted by Crippen LogP contribution is 2.41. The quantitative estimate of drug-likeness (QED) is 0.171. The summed E-state index contributed by atoms with van der Waals surface area (Å²) in [6.45, 7) is 0.816. The molecule has 0 bridgehead atoms. The molecule has 4 rings (SSSR count). The smallest absolute Gasteiger partial charge is 0.241 e. The fourth-order valence-electron chi connectivity index (χ4n) is 3.79. The summed E-state index contributed by atoms with van der Waals surface area (Å²) < 4.78 is 56.2. The van der Waals surface area contributed by atoms with Crippen LogP contribution in [-0.4, -0.2) is 81.2 Å². The van der Waals surface area contributed by atoms with Gasteiger partial charge in [-0.3, -0.25) is 0 Å². The number of hydrogen-bond donors (Lipinski definition) is 4. The molecule has 6 N–H and O–H groups in total. The topological polar surface area (TPSA) is 200 Å². The highest BCUT2D eigenvalue weighted by Gasteiger charge is 2.32. The van der Waals surface area contributed by atoms with Crippen molar-refractivity contribution in [2.75, 3.05) is 40.0 Å². The van der Waals surface area contributed by atoms with Crippen molar-refractivity contribution >= 4 is 46.7 Å². The molecule has 0 aliphatic heterocycles. The van der Waals surface area contributed by atoms with Crippen molar-refractivity contribution in [1.29, 1.82) is 0 Å². The summed E-state index contributed by atoms with van der Waals surface area (Å²) in [6.07, 6.45) is 0.538. The summed E-state index contributed by atoms with van der Waals surface area (Å²) in [4.78, 5) is 3.22. The number of anilines is 1. The van der Waals surface area contributed by atoms with Gasteiger partial charge >= 0.3 is 0 Å². The predicted octanol–water partition coefficient (Wildman–Crippen LogP) is 0.748. The highest BCUT2D eigenvalue weighted by atomic mass is 32.2. The highest BCUT2D eigenvalue weighted by molar-refractivity contribution is 7.92. The summed E-state index contributed by atoms with van der Waals surface area (Å²) >= 11 is 1.26. The Bertz CT molecular complexity index is 1620. The molecule has 16 heteroatoms. The van der Waals surface area contributed by atoms with E-state index >= 15 is 0 Å². The lowest BCUT2D eigenvalue weighted by Crippen LogP contribution is -2.37. The lowest BCUT2D eigenvalue weighted by Gasteiger charge is -2.23. The van der Waals surface area contributed by atoms with Gasteiger partial charge in [-0.05, 0) is 22.9 Å². The molecule has 36 heavy (non-hydrogen) atoms. The van der Waals surface area contributed by atoms with E-state index in [1.165, 1.54) is 23.5 Å². The maximum absolute atomic E-state index is 13.3. The first-order chi connectivity index (χ1) is 16.8. The van der Waals surface area contributed by atoms with Crippen LogP contribution in [-0.2, 0) is 20.0 Å². The van der Waals surface area contributed by atoms with Gasteiger partial charge in [-0.2, -0.15) is 5.21 Å². The second-order valence-corrected chi connectivity index (χ2v) is 13.4. The Balaban J connectivity index is 1.94. The zero-order valence-electron chi connectivity index (χ0n) is 19.8. The summed E-state index contributed by atoms with van der Waals surface area (Å²) in [5.74, 6) is -0.142. The Hall–Kier alpha value is -3.02. The third-order valence-corrected chi connectivity index (χ3v) is 8.76. The number of fused-ring (bicyclic) bond motifs is 1. The molecule has 0 aliphatic rings. The van der Waals surface area contributed by atoms with Crippen molar-refractivity contribution in [3.05, 3.63) is 30.3 Å². The molecular weight excluding hydrogens is 526 g/mol. The fraction of sp³-hybridized carbons (Fsp3) is 0.300. The number of H-pyrrole nitrogens is 1. The van der Waals surface area contributed by atoms with Gasteiger partial charge in [0.15, 0.2) is 5.13 Å². The van der Waals surface area contributed by atoms with Gasteiger partial charge in [-0.1, -0.05) is 29.5 Å². The van der Waals surface area contributed by atoms with E-state index in [1.54, 1.807) is 12.1 Å². The molecule has 0 aliphatic carbocycles. The molecule has 0 amide bonds. The Morgan fingerprint density at radius 1 is 1.08 bits per heavy atom.